The number of H-pyrrole nitrogens is 1. The zero-order valence-corrected chi connectivity index (χ0v) is 6.85. The predicted molar refractivity (Wildman–Crippen MR) is 44.7 cm³/mol. The fourth-order valence-corrected chi connectivity index (χ4v) is 1.14. The lowest BCUT2D eigenvalue weighted by Crippen LogP contribution is -2.11. The summed E-state index contributed by atoms with van der Waals surface area (Å²) in [5, 5.41) is 0.326. The fraction of sp³-hybridized carbons (Fsp3) is 0.286. The highest BCUT2D eigenvalue weighted by Gasteiger charge is 2.04. The van der Waals surface area contributed by atoms with Crippen LogP contribution in [0.5, 0.6) is 0 Å². The van der Waals surface area contributed by atoms with E-state index in [0.717, 1.165) is 5.56 Å². The van der Waals surface area contributed by atoms with Gasteiger partial charge >= 0.3 is 0 Å². The van der Waals surface area contributed by atoms with E-state index >= 15 is 0 Å². The second-order valence-corrected chi connectivity index (χ2v) is 2.76. The van der Waals surface area contributed by atoms with Crippen molar-refractivity contribution in [3.63, 3.8) is 0 Å². The first kappa shape index (κ1) is 8.30. The van der Waals surface area contributed by atoms with Gasteiger partial charge in [0, 0.05) is 17.7 Å². The van der Waals surface area contributed by atoms with Crippen LogP contribution >= 0.6 is 11.6 Å². The monoisotopic (exact) mass is 172 g/mol. The molecule has 1 aromatic heterocycles. The summed E-state index contributed by atoms with van der Waals surface area (Å²) in [6.07, 6.45) is 0. The smallest absolute Gasteiger partial charge is 0.249 e. The van der Waals surface area contributed by atoms with Gasteiger partial charge in [0.25, 0.3) is 0 Å². The van der Waals surface area contributed by atoms with Crippen molar-refractivity contribution in [3.05, 3.63) is 33.2 Å². The lowest BCUT2D eigenvalue weighted by molar-refractivity contribution is 0.810. The Morgan fingerprint density at radius 2 is 2.27 bits per heavy atom. The van der Waals surface area contributed by atoms with Crippen molar-refractivity contribution in [1.29, 1.82) is 0 Å². The van der Waals surface area contributed by atoms with Crippen molar-refractivity contribution < 1.29 is 0 Å². The van der Waals surface area contributed by atoms with Gasteiger partial charge in [-0.15, -0.1) is 0 Å². The largest absolute Gasteiger partial charge is 0.324 e. The van der Waals surface area contributed by atoms with Gasteiger partial charge in [0.2, 0.25) is 5.56 Å². The van der Waals surface area contributed by atoms with Crippen molar-refractivity contribution in [1.82, 2.24) is 4.98 Å². The lowest BCUT2D eigenvalue weighted by Gasteiger charge is -2.05. The Hall–Kier alpha value is -0.800. The van der Waals surface area contributed by atoms with Gasteiger partial charge in [0.05, 0.1) is 0 Å². The molecular weight excluding hydrogens is 164 g/mol. The van der Waals surface area contributed by atoms with Crippen LogP contribution in [0.3, 0.4) is 0 Å². The Morgan fingerprint density at radius 3 is 2.73 bits per heavy atom. The highest BCUT2D eigenvalue weighted by Crippen LogP contribution is 2.15. The summed E-state index contributed by atoms with van der Waals surface area (Å²) in [4.78, 5) is 13.1. The Balaban J connectivity index is 3.20. The molecule has 0 spiro atoms. The molecule has 1 aromatic rings. The van der Waals surface area contributed by atoms with Gasteiger partial charge in [-0.3, -0.25) is 4.79 Å². The normalized spacial score (nSPS) is 13.0. The SMILES string of the molecule is C[C@@H](N)c1ccc(=O)[nH]c1Cl. The molecular formula is C7H9ClN2O. The van der Waals surface area contributed by atoms with E-state index in [9.17, 15) is 4.79 Å². The molecule has 0 saturated carbocycles. The first-order chi connectivity index (χ1) is 5.11. The minimum atomic E-state index is -0.209. The first-order valence-electron chi connectivity index (χ1n) is 3.25. The maximum Gasteiger partial charge on any atom is 0.249 e. The van der Waals surface area contributed by atoms with Gasteiger partial charge in [-0.2, -0.15) is 0 Å². The van der Waals surface area contributed by atoms with Crippen LogP contribution in [0.4, 0.5) is 0 Å². The van der Waals surface area contributed by atoms with Gasteiger partial charge < -0.3 is 10.7 Å². The van der Waals surface area contributed by atoms with Crippen LogP contribution < -0.4 is 11.3 Å². The van der Waals surface area contributed by atoms with E-state index in [-0.39, 0.29) is 11.6 Å². The Bertz CT molecular complexity index is 306. The van der Waals surface area contributed by atoms with E-state index in [4.69, 9.17) is 17.3 Å². The van der Waals surface area contributed by atoms with E-state index in [1.54, 1.807) is 13.0 Å². The summed E-state index contributed by atoms with van der Waals surface area (Å²) in [5.74, 6) is 0. The molecule has 0 unspecified atom stereocenters. The summed E-state index contributed by atoms with van der Waals surface area (Å²) in [7, 11) is 0. The van der Waals surface area contributed by atoms with E-state index in [1.807, 2.05) is 0 Å². The van der Waals surface area contributed by atoms with Crippen molar-refractivity contribution in [2.24, 2.45) is 5.73 Å². The lowest BCUT2D eigenvalue weighted by atomic mass is 10.2. The molecule has 0 bridgehead atoms. The topological polar surface area (TPSA) is 58.9 Å². The molecule has 0 aliphatic rings. The summed E-state index contributed by atoms with van der Waals surface area (Å²) in [6.45, 7) is 1.81. The van der Waals surface area contributed by atoms with Crippen molar-refractivity contribution in [3.8, 4) is 0 Å². The van der Waals surface area contributed by atoms with Gasteiger partial charge in [-0.25, -0.2) is 0 Å². The molecule has 60 valence electrons. The van der Waals surface area contributed by atoms with Gasteiger partial charge in [0.15, 0.2) is 0 Å². The quantitative estimate of drug-likeness (QED) is 0.622. The van der Waals surface area contributed by atoms with Crippen molar-refractivity contribution >= 4 is 11.6 Å². The number of halogens is 1. The van der Waals surface area contributed by atoms with E-state index < -0.39 is 0 Å². The Morgan fingerprint density at radius 1 is 1.64 bits per heavy atom. The van der Waals surface area contributed by atoms with Crippen LogP contribution in [0.2, 0.25) is 5.15 Å². The molecule has 11 heavy (non-hydrogen) atoms. The molecule has 0 aliphatic heterocycles. The maximum absolute atomic E-state index is 10.7. The number of aromatic amines is 1. The molecule has 0 radical (unpaired) electrons. The number of hydrogen-bond donors (Lipinski definition) is 2. The number of nitrogens with one attached hydrogen (secondary N) is 1. The molecule has 0 saturated heterocycles. The molecule has 3 nitrogen and oxygen atoms in total. The second kappa shape index (κ2) is 3.07. The number of rotatable bonds is 1. The number of pyridine rings is 1. The average molecular weight is 173 g/mol. The van der Waals surface area contributed by atoms with Crippen LogP contribution in [0.1, 0.15) is 18.5 Å². The molecule has 0 aromatic carbocycles. The molecule has 1 heterocycles. The molecule has 3 N–H and O–H groups in total. The van der Waals surface area contributed by atoms with Crippen molar-refractivity contribution in [2.75, 3.05) is 0 Å². The van der Waals surface area contributed by atoms with Crippen LogP contribution in [-0.2, 0) is 0 Å². The summed E-state index contributed by atoms with van der Waals surface area (Å²) in [6, 6.07) is 2.88. The van der Waals surface area contributed by atoms with Crippen molar-refractivity contribution in [2.45, 2.75) is 13.0 Å². The summed E-state index contributed by atoms with van der Waals surface area (Å²) in [5.41, 5.74) is 6.11. The number of nitrogens with two attached hydrogens (primary N) is 1. The first-order valence-corrected chi connectivity index (χ1v) is 3.63. The molecule has 4 heteroatoms. The highest BCUT2D eigenvalue weighted by atomic mass is 35.5. The van der Waals surface area contributed by atoms with Gasteiger partial charge in [-0.05, 0) is 13.0 Å². The minimum Gasteiger partial charge on any atom is -0.324 e. The number of aromatic nitrogens is 1. The average Bonchev–Trinajstić information content (AvgIpc) is 1.85. The molecule has 0 amide bonds. The van der Waals surface area contributed by atoms with Gasteiger partial charge in [0.1, 0.15) is 5.15 Å². The fourth-order valence-electron chi connectivity index (χ4n) is 0.812. The Labute approximate surface area is 69.2 Å². The minimum absolute atomic E-state index is 0.153. The summed E-state index contributed by atoms with van der Waals surface area (Å²) >= 11 is 5.69. The molecule has 1 atom stereocenters. The van der Waals surface area contributed by atoms with Gasteiger partial charge in [-0.1, -0.05) is 11.6 Å². The third-order valence-electron chi connectivity index (χ3n) is 1.39. The van der Waals surface area contributed by atoms with Crippen LogP contribution in [0, 0.1) is 0 Å². The number of hydrogen-bond acceptors (Lipinski definition) is 2. The summed E-state index contributed by atoms with van der Waals surface area (Å²) < 4.78 is 0. The zero-order chi connectivity index (χ0) is 8.43. The van der Waals surface area contributed by atoms with E-state index in [2.05, 4.69) is 4.98 Å². The third-order valence-corrected chi connectivity index (χ3v) is 1.70. The zero-order valence-electron chi connectivity index (χ0n) is 6.10. The van der Waals surface area contributed by atoms with Crippen LogP contribution in [0.15, 0.2) is 16.9 Å². The van der Waals surface area contributed by atoms with E-state index in [1.165, 1.54) is 6.07 Å². The predicted octanol–water partition coefficient (Wildman–Crippen LogP) is 1.05. The second-order valence-electron chi connectivity index (χ2n) is 2.38. The van der Waals surface area contributed by atoms with Crippen LogP contribution in [0.25, 0.3) is 0 Å². The van der Waals surface area contributed by atoms with Crippen LogP contribution in [-0.4, -0.2) is 4.98 Å². The molecule has 1 rings (SSSR count). The highest BCUT2D eigenvalue weighted by molar-refractivity contribution is 6.30. The maximum atomic E-state index is 10.7. The molecule has 0 aliphatic carbocycles. The van der Waals surface area contributed by atoms with E-state index in [0.29, 0.717) is 5.15 Å². The molecule has 0 fully saturated rings. The Kier molecular flexibility index (Phi) is 2.31. The standard InChI is InChI=1S/C7H9ClN2O/c1-4(9)5-2-3-6(11)10-7(5)8/h2-4H,9H2,1H3,(H,10,11)/t4-/m1/s1. The third kappa shape index (κ3) is 1.82.